The molecule has 0 aliphatic carbocycles. The van der Waals surface area contributed by atoms with E-state index < -0.39 is 32.6 Å². The summed E-state index contributed by atoms with van der Waals surface area (Å²) in [6.07, 6.45) is -4.32. The van der Waals surface area contributed by atoms with Gasteiger partial charge >= 0.3 is 6.18 Å². The number of piperazine rings is 1. The van der Waals surface area contributed by atoms with Crippen LogP contribution in [0.1, 0.15) is 34.8 Å². The summed E-state index contributed by atoms with van der Waals surface area (Å²) in [6.45, 7) is 5.78. The molecule has 1 aliphatic rings. The van der Waals surface area contributed by atoms with E-state index >= 15 is 0 Å². The molecule has 1 saturated heterocycles. The number of thioether (sulfide) groups is 1. The summed E-state index contributed by atoms with van der Waals surface area (Å²) in [5, 5.41) is 3.66. The number of hydrogen-bond acceptors (Lipinski definition) is 8. The SMILES string of the molecule is CC[C@H](CSc1cccc(N(C)C)c1)Nc1ccc(S(=O)(=O)NC(=O)c2ccc(N3CCN(Cc4ccccc4-c4ccc(Cl)cc4)CC3)cc2)cc1C(F)(F)F. The minimum atomic E-state index is -4.85. The molecule has 0 radical (unpaired) electrons. The molecule has 0 spiro atoms. The minimum absolute atomic E-state index is 0.0634. The van der Waals surface area contributed by atoms with Crippen LogP contribution in [0.15, 0.2) is 125 Å². The van der Waals surface area contributed by atoms with Crippen LogP contribution >= 0.6 is 23.4 Å². The first-order valence-corrected chi connectivity index (χ1v) is 21.4. The molecule has 1 amide bonds. The molecule has 300 valence electrons. The van der Waals surface area contributed by atoms with Gasteiger partial charge in [-0.3, -0.25) is 9.69 Å². The van der Waals surface area contributed by atoms with E-state index in [2.05, 4.69) is 27.2 Å². The number of anilines is 3. The Balaban J connectivity index is 1.06. The Labute approximate surface area is 342 Å². The molecule has 2 N–H and O–H groups in total. The highest BCUT2D eigenvalue weighted by Gasteiger charge is 2.36. The average Bonchev–Trinajstić information content (AvgIpc) is 3.20. The lowest BCUT2D eigenvalue weighted by atomic mass is 9.99. The third-order valence-electron chi connectivity index (χ3n) is 9.90. The van der Waals surface area contributed by atoms with Crippen LogP contribution in [-0.2, 0) is 22.7 Å². The third-order valence-corrected chi connectivity index (χ3v) is 12.6. The maximum Gasteiger partial charge on any atom is 0.418 e. The lowest BCUT2D eigenvalue weighted by Crippen LogP contribution is -2.46. The maximum absolute atomic E-state index is 14.3. The van der Waals surface area contributed by atoms with Gasteiger partial charge in [0.1, 0.15) is 0 Å². The van der Waals surface area contributed by atoms with E-state index in [4.69, 9.17) is 11.6 Å². The van der Waals surface area contributed by atoms with Gasteiger partial charge in [-0.1, -0.05) is 61.0 Å². The van der Waals surface area contributed by atoms with E-state index in [1.807, 2.05) is 91.3 Å². The second-order valence-corrected chi connectivity index (χ2v) is 17.3. The first-order valence-electron chi connectivity index (χ1n) is 18.6. The van der Waals surface area contributed by atoms with E-state index in [1.165, 1.54) is 29.5 Å². The molecule has 8 nitrogen and oxygen atoms in total. The number of carbonyl (C=O) groups excluding carboxylic acids is 1. The highest BCUT2D eigenvalue weighted by atomic mass is 35.5. The van der Waals surface area contributed by atoms with E-state index in [-0.39, 0.29) is 17.3 Å². The number of halogens is 4. The summed E-state index contributed by atoms with van der Waals surface area (Å²) < 4.78 is 71.5. The highest BCUT2D eigenvalue weighted by molar-refractivity contribution is 7.99. The van der Waals surface area contributed by atoms with Crippen molar-refractivity contribution < 1.29 is 26.4 Å². The zero-order chi connectivity index (χ0) is 40.7. The zero-order valence-electron chi connectivity index (χ0n) is 31.9. The van der Waals surface area contributed by atoms with Crippen molar-refractivity contribution in [1.29, 1.82) is 0 Å². The van der Waals surface area contributed by atoms with Gasteiger partial charge in [-0.2, -0.15) is 13.2 Å². The molecule has 14 heteroatoms. The first-order chi connectivity index (χ1) is 27.2. The van der Waals surface area contributed by atoms with Crippen molar-refractivity contribution in [3.8, 4) is 11.1 Å². The predicted molar refractivity (Wildman–Crippen MR) is 226 cm³/mol. The largest absolute Gasteiger partial charge is 0.418 e. The van der Waals surface area contributed by atoms with Crippen molar-refractivity contribution in [2.24, 2.45) is 0 Å². The lowest BCUT2D eigenvalue weighted by molar-refractivity contribution is -0.137. The quantitative estimate of drug-likeness (QED) is 0.107. The van der Waals surface area contributed by atoms with Crippen LogP contribution in [0, 0.1) is 0 Å². The van der Waals surface area contributed by atoms with Crippen LogP contribution in [0.3, 0.4) is 0 Å². The molecule has 5 aromatic carbocycles. The van der Waals surface area contributed by atoms with Crippen LogP contribution in [0.2, 0.25) is 5.02 Å². The predicted octanol–water partition coefficient (Wildman–Crippen LogP) is 9.52. The number of hydrogen-bond donors (Lipinski definition) is 2. The second-order valence-electron chi connectivity index (χ2n) is 14.1. The van der Waals surface area contributed by atoms with Gasteiger partial charge in [0.25, 0.3) is 15.9 Å². The number of benzene rings is 5. The number of sulfonamides is 1. The normalized spacial score (nSPS) is 14.3. The molecular weight excluding hydrogens is 791 g/mol. The van der Waals surface area contributed by atoms with E-state index in [0.29, 0.717) is 23.3 Å². The first kappa shape index (κ1) is 41.9. The Bertz CT molecular complexity index is 2270. The summed E-state index contributed by atoms with van der Waals surface area (Å²) in [7, 11) is -0.778. The van der Waals surface area contributed by atoms with Gasteiger partial charge in [-0.25, -0.2) is 13.1 Å². The summed E-state index contributed by atoms with van der Waals surface area (Å²) in [6, 6.07) is 32.9. The van der Waals surface area contributed by atoms with E-state index in [0.717, 1.165) is 72.3 Å². The van der Waals surface area contributed by atoms with Crippen LogP contribution < -0.4 is 19.8 Å². The van der Waals surface area contributed by atoms with Gasteiger partial charge in [-0.15, -0.1) is 11.8 Å². The van der Waals surface area contributed by atoms with Crippen molar-refractivity contribution in [3.05, 3.63) is 137 Å². The number of nitrogens with one attached hydrogen (secondary N) is 2. The van der Waals surface area contributed by atoms with Crippen molar-refractivity contribution >= 4 is 56.4 Å². The number of amides is 1. The number of rotatable bonds is 14. The molecular formula is C43H45ClF3N5O3S2. The Hall–Kier alpha value is -4.69. The highest BCUT2D eigenvalue weighted by Crippen LogP contribution is 2.37. The van der Waals surface area contributed by atoms with Crippen molar-refractivity contribution in [2.45, 2.75) is 41.9 Å². The smallest absolute Gasteiger partial charge is 0.381 e. The second kappa shape index (κ2) is 18.3. The molecule has 6 rings (SSSR count). The molecule has 0 saturated carbocycles. The molecule has 1 heterocycles. The Morgan fingerprint density at radius 2 is 1.58 bits per heavy atom. The topological polar surface area (TPSA) is 85.0 Å². The molecule has 5 aromatic rings. The molecule has 57 heavy (non-hydrogen) atoms. The Morgan fingerprint density at radius 1 is 0.877 bits per heavy atom. The molecule has 0 aromatic heterocycles. The van der Waals surface area contributed by atoms with E-state index in [9.17, 15) is 26.4 Å². The van der Waals surface area contributed by atoms with E-state index in [1.54, 1.807) is 12.1 Å². The summed E-state index contributed by atoms with van der Waals surface area (Å²) in [5.41, 5.74) is 4.07. The van der Waals surface area contributed by atoms with Crippen LogP contribution in [-0.4, -0.2) is 71.3 Å². The number of carbonyl (C=O) groups is 1. The maximum atomic E-state index is 14.3. The van der Waals surface area contributed by atoms with Crippen molar-refractivity contribution in [3.63, 3.8) is 0 Å². The number of alkyl halides is 3. The molecule has 1 fully saturated rings. The fourth-order valence-electron chi connectivity index (χ4n) is 6.62. The molecule has 0 bridgehead atoms. The Morgan fingerprint density at radius 3 is 2.25 bits per heavy atom. The molecule has 0 unspecified atom stereocenters. The average molecular weight is 836 g/mol. The van der Waals surface area contributed by atoms with Gasteiger partial charge < -0.3 is 15.1 Å². The minimum Gasteiger partial charge on any atom is -0.381 e. The monoisotopic (exact) mass is 835 g/mol. The summed E-state index contributed by atoms with van der Waals surface area (Å²) >= 11 is 7.62. The van der Waals surface area contributed by atoms with Gasteiger partial charge in [0.15, 0.2) is 0 Å². The van der Waals surface area contributed by atoms with Crippen LogP contribution in [0.5, 0.6) is 0 Å². The van der Waals surface area contributed by atoms with Gasteiger partial charge in [0, 0.05) is 91.2 Å². The molecule has 1 aliphatic heterocycles. The van der Waals surface area contributed by atoms with Gasteiger partial charge in [0.05, 0.1) is 10.5 Å². The Kier molecular flexibility index (Phi) is 13.4. The lowest BCUT2D eigenvalue weighted by Gasteiger charge is -2.36. The number of nitrogens with zero attached hydrogens (tertiary/aromatic N) is 3. The summed E-state index contributed by atoms with van der Waals surface area (Å²) in [5.74, 6) is -0.459. The fraction of sp³-hybridized carbons (Fsp3) is 0.279. The van der Waals surface area contributed by atoms with Crippen LogP contribution in [0.4, 0.5) is 30.2 Å². The van der Waals surface area contributed by atoms with Crippen molar-refractivity contribution in [1.82, 2.24) is 9.62 Å². The standard InChI is InChI=1S/C43H45ClF3N5O3S2/c1-4-34(29-56-37-10-7-9-36(26-37)50(2)3)48-41-21-20-38(27-40(41)43(45,46)47)57(54,55)49-42(53)31-14-18-35(19-15-31)52-24-22-51(23-25-52)28-32-8-5-6-11-39(32)30-12-16-33(44)17-13-30/h5-21,26-27,34,48H,4,22-25,28-29H2,1-3H3,(H,49,53)/t34-/m1/s1. The third kappa shape index (κ3) is 10.8. The van der Waals surface area contributed by atoms with Crippen molar-refractivity contribution in [2.75, 3.05) is 61.1 Å². The summed E-state index contributed by atoms with van der Waals surface area (Å²) in [4.78, 5) is 20.0. The van der Waals surface area contributed by atoms with Gasteiger partial charge in [0.2, 0.25) is 0 Å². The molecule has 1 atom stereocenters. The fourth-order valence-corrected chi connectivity index (χ4v) is 8.84. The zero-order valence-corrected chi connectivity index (χ0v) is 34.3. The van der Waals surface area contributed by atoms with Crippen LogP contribution in [0.25, 0.3) is 11.1 Å². The van der Waals surface area contributed by atoms with Gasteiger partial charge in [-0.05, 0) is 95.9 Å².